The molecular weight excluding hydrogens is 365 g/mol. The molecule has 2 fully saturated rings. The van der Waals surface area contributed by atoms with Crippen LogP contribution in [-0.2, 0) is 0 Å². The quantitative estimate of drug-likeness (QED) is 0.732. The summed E-state index contributed by atoms with van der Waals surface area (Å²) in [5.74, 6) is 5.73. The van der Waals surface area contributed by atoms with Gasteiger partial charge in [0.1, 0.15) is 11.2 Å². The Morgan fingerprint density at radius 1 is 1.32 bits per heavy atom. The molecule has 152 valence electrons. The van der Waals surface area contributed by atoms with Gasteiger partial charge in [-0.25, -0.2) is 9.18 Å². The Labute approximate surface area is 161 Å². The lowest BCUT2D eigenvalue weighted by Crippen LogP contribution is -2.44. The maximum Gasteiger partial charge on any atom is 0.350 e. The number of aromatic nitrogens is 2. The molecule has 2 heterocycles. The summed E-state index contributed by atoms with van der Waals surface area (Å²) in [5.41, 5.74) is -0.672. The van der Waals surface area contributed by atoms with E-state index in [4.69, 9.17) is 10.6 Å². The van der Waals surface area contributed by atoms with E-state index in [9.17, 15) is 9.59 Å². The molecule has 4 rings (SSSR count). The maximum absolute atomic E-state index is 15.2. The van der Waals surface area contributed by atoms with E-state index >= 15 is 4.39 Å². The predicted octanol–water partition coefficient (Wildman–Crippen LogP) is 0.794. The normalized spacial score (nSPS) is 20.7. The fourth-order valence-electron chi connectivity index (χ4n) is 4.23. The van der Waals surface area contributed by atoms with Crippen LogP contribution in [0, 0.1) is 11.7 Å². The number of nitrogens with two attached hydrogens (primary N) is 1. The van der Waals surface area contributed by atoms with Crippen LogP contribution in [0.25, 0.3) is 10.9 Å². The number of benzene rings is 1. The molecule has 1 aliphatic carbocycles. The van der Waals surface area contributed by atoms with Crippen molar-refractivity contribution in [3.05, 3.63) is 32.7 Å². The Hall–Kier alpha value is -2.55. The molecular formula is C19H26FN5O3. The number of anilines is 1. The van der Waals surface area contributed by atoms with Crippen molar-refractivity contribution in [1.29, 1.82) is 0 Å². The fourth-order valence-corrected chi connectivity index (χ4v) is 4.23. The molecule has 28 heavy (non-hydrogen) atoms. The molecule has 1 aliphatic heterocycles. The van der Waals surface area contributed by atoms with Crippen molar-refractivity contribution in [2.45, 2.75) is 38.3 Å². The van der Waals surface area contributed by atoms with E-state index in [0.717, 1.165) is 19.3 Å². The first-order chi connectivity index (χ1) is 13.4. The van der Waals surface area contributed by atoms with Crippen molar-refractivity contribution in [2.75, 3.05) is 38.0 Å². The summed E-state index contributed by atoms with van der Waals surface area (Å²) < 4.78 is 22.8. The molecule has 0 amide bonds. The zero-order valence-corrected chi connectivity index (χ0v) is 16.4. The van der Waals surface area contributed by atoms with Crippen LogP contribution in [0.4, 0.5) is 10.1 Å². The van der Waals surface area contributed by atoms with Gasteiger partial charge in [-0.05, 0) is 45.2 Å². The van der Waals surface area contributed by atoms with Crippen LogP contribution in [0.3, 0.4) is 0 Å². The highest BCUT2D eigenvalue weighted by Crippen LogP contribution is 2.43. The molecule has 1 aromatic heterocycles. The number of nitrogens with zero attached hydrogens (tertiary/aromatic N) is 3. The fraction of sp³-hybridized carbons (Fsp3) is 0.579. The lowest BCUT2D eigenvalue weighted by atomic mass is 10.0. The molecule has 2 aliphatic rings. The van der Waals surface area contributed by atoms with Gasteiger partial charge < -0.3 is 20.8 Å². The molecule has 8 nitrogen and oxygen atoms in total. The van der Waals surface area contributed by atoms with Crippen molar-refractivity contribution >= 4 is 16.6 Å². The molecule has 3 N–H and O–H groups in total. The summed E-state index contributed by atoms with van der Waals surface area (Å²) in [6.07, 6.45) is 2.55. The van der Waals surface area contributed by atoms with Gasteiger partial charge >= 0.3 is 5.69 Å². The van der Waals surface area contributed by atoms with Crippen molar-refractivity contribution in [3.8, 4) is 5.75 Å². The molecule has 0 radical (unpaired) electrons. The number of rotatable bonds is 5. The molecule has 1 saturated carbocycles. The zero-order valence-electron chi connectivity index (χ0n) is 16.4. The van der Waals surface area contributed by atoms with Crippen molar-refractivity contribution in [3.63, 3.8) is 0 Å². The minimum absolute atomic E-state index is 0.0479. The summed E-state index contributed by atoms with van der Waals surface area (Å²) in [7, 11) is 3.36. The standard InChI is InChI=1S/C19H26FN5O3/c1-10(22-2)11-6-7-23(9-11)16-14(20)8-13-15(17(16)28-3)24(12-4-5-12)19(27)25(21)18(13)26/h8,10-12,22H,4-7,9,21H2,1-3H3/t10-,11+/m0/s1. The van der Waals surface area contributed by atoms with Crippen LogP contribution in [0.2, 0.25) is 0 Å². The van der Waals surface area contributed by atoms with Gasteiger partial charge in [0.2, 0.25) is 0 Å². The van der Waals surface area contributed by atoms with Gasteiger partial charge in [-0.3, -0.25) is 9.36 Å². The number of nitrogens with one attached hydrogen (secondary N) is 1. The largest absolute Gasteiger partial charge is 0.492 e. The number of nitrogen functional groups attached to an aromatic ring is 1. The number of fused-ring (bicyclic) bond motifs is 1. The molecule has 0 unspecified atom stereocenters. The number of ether oxygens (including phenoxy) is 1. The van der Waals surface area contributed by atoms with E-state index in [2.05, 4.69) is 12.2 Å². The van der Waals surface area contributed by atoms with Gasteiger partial charge in [0.05, 0.1) is 12.5 Å². The third-order valence-electron chi connectivity index (χ3n) is 6.10. The Morgan fingerprint density at radius 3 is 2.64 bits per heavy atom. The molecule has 0 bridgehead atoms. The SMILES string of the molecule is CN[C@@H](C)[C@@H]1CCN(c2c(F)cc3c(=O)n(N)c(=O)n(C4CC4)c3c2OC)C1. The van der Waals surface area contributed by atoms with Crippen LogP contribution in [0.15, 0.2) is 15.7 Å². The second-order valence-corrected chi connectivity index (χ2v) is 7.77. The average Bonchev–Trinajstić information content (AvgIpc) is 3.41. The van der Waals surface area contributed by atoms with Gasteiger partial charge in [-0.1, -0.05) is 0 Å². The second kappa shape index (κ2) is 6.80. The average molecular weight is 391 g/mol. The monoisotopic (exact) mass is 391 g/mol. The Balaban J connectivity index is 1.95. The van der Waals surface area contributed by atoms with Crippen LogP contribution >= 0.6 is 0 Å². The Bertz CT molecular complexity index is 1040. The van der Waals surface area contributed by atoms with E-state index in [1.807, 2.05) is 11.9 Å². The van der Waals surface area contributed by atoms with Gasteiger partial charge in [-0.2, -0.15) is 4.68 Å². The van der Waals surface area contributed by atoms with Crippen molar-refractivity contribution in [2.24, 2.45) is 5.92 Å². The van der Waals surface area contributed by atoms with E-state index < -0.39 is 17.1 Å². The van der Waals surface area contributed by atoms with E-state index in [-0.39, 0.29) is 17.2 Å². The molecule has 1 saturated heterocycles. The highest BCUT2D eigenvalue weighted by molar-refractivity contribution is 5.91. The number of hydrogen-bond acceptors (Lipinski definition) is 6. The van der Waals surface area contributed by atoms with Crippen molar-refractivity contribution < 1.29 is 9.13 Å². The van der Waals surface area contributed by atoms with Gasteiger partial charge in [0.25, 0.3) is 5.56 Å². The van der Waals surface area contributed by atoms with E-state index in [1.165, 1.54) is 17.7 Å². The van der Waals surface area contributed by atoms with Gasteiger partial charge in [-0.15, -0.1) is 0 Å². The molecule has 2 atom stereocenters. The molecule has 2 aromatic rings. The molecule has 9 heteroatoms. The van der Waals surface area contributed by atoms with Crippen LogP contribution in [0.1, 0.15) is 32.2 Å². The third-order valence-corrected chi connectivity index (χ3v) is 6.10. The molecule has 1 aromatic carbocycles. The number of hydrogen-bond donors (Lipinski definition) is 2. The lowest BCUT2D eigenvalue weighted by molar-refractivity contribution is 0.410. The first-order valence-corrected chi connectivity index (χ1v) is 9.64. The zero-order chi connectivity index (χ0) is 20.2. The van der Waals surface area contributed by atoms with Crippen LogP contribution < -0.4 is 32.0 Å². The second-order valence-electron chi connectivity index (χ2n) is 7.77. The topological polar surface area (TPSA) is 94.5 Å². The highest BCUT2D eigenvalue weighted by atomic mass is 19.1. The number of halogens is 1. The minimum atomic E-state index is -0.719. The smallest absolute Gasteiger partial charge is 0.350 e. The first-order valence-electron chi connectivity index (χ1n) is 9.64. The van der Waals surface area contributed by atoms with E-state index in [1.54, 1.807) is 0 Å². The summed E-state index contributed by atoms with van der Waals surface area (Å²) in [6, 6.07) is 1.44. The molecule has 0 spiro atoms. The van der Waals surface area contributed by atoms with E-state index in [0.29, 0.717) is 40.9 Å². The minimum Gasteiger partial charge on any atom is -0.492 e. The summed E-state index contributed by atoms with van der Waals surface area (Å²) in [4.78, 5) is 27.2. The third kappa shape index (κ3) is 2.76. The lowest BCUT2D eigenvalue weighted by Gasteiger charge is -2.25. The predicted molar refractivity (Wildman–Crippen MR) is 106 cm³/mol. The summed E-state index contributed by atoms with van der Waals surface area (Å²) in [5, 5.41) is 3.31. The van der Waals surface area contributed by atoms with Gasteiger partial charge in [0.15, 0.2) is 11.6 Å². The van der Waals surface area contributed by atoms with Crippen molar-refractivity contribution in [1.82, 2.24) is 14.6 Å². The number of methoxy groups -OCH3 is 1. The Kier molecular flexibility index (Phi) is 4.57. The van der Waals surface area contributed by atoms with Crippen LogP contribution in [0.5, 0.6) is 5.75 Å². The van der Waals surface area contributed by atoms with Gasteiger partial charge in [0, 0.05) is 25.2 Å². The summed E-state index contributed by atoms with van der Waals surface area (Å²) >= 11 is 0. The highest BCUT2D eigenvalue weighted by Gasteiger charge is 2.34. The first kappa shape index (κ1) is 18.8. The maximum atomic E-state index is 15.2. The van der Waals surface area contributed by atoms with Crippen LogP contribution in [-0.4, -0.2) is 42.5 Å². The summed E-state index contributed by atoms with van der Waals surface area (Å²) in [6.45, 7) is 3.45. The Morgan fingerprint density at radius 2 is 2.04 bits per heavy atom.